The van der Waals surface area contributed by atoms with Crippen molar-refractivity contribution in [3.05, 3.63) is 292 Å². The highest BCUT2D eigenvalue weighted by Gasteiger charge is 2.48. The lowest BCUT2D eigenvalue weighted by molar-refractivity contribution is 0.585. The summed E-state index contributed by atoms with van der Waals surface area (Å²) >= 11 is 0. The molecule has 0 N–H and O–H groups in total. The van der Waals surface area contributed by atoms with Crippen molar-refractivity contribution in [1.82, 2.24) is 0 Å². The van der Waals surface area contributed by atoms with E-state index in [0.29, 0.717) is 0 Å². The van der Waals surface area contributed by atoms with Gasteiger partial charge >= 0.3 is 0 Å². The van der Waals surface area contributed by atoms with Crippen molar-refractivity contribution in [2.75, 3.05) is 4.90 Å². The predicted molar refractivity (Wildman–Crippen MR) is 316 cm³/mol. The van der Waals surface area contributed by atoms with Crippen LogP contribution in [-0.2, 0) is 27.1 Å². The molecule has 0 radical (unpaired) electrons. The smallest absolute Gasteiger partial charge is 0.0714 e. The van der Waals surface area contributed by atoms with Gasteiger partial charge in [0.05, 0.1) is 5.41 Å². The zero-order chi connectivity index (χ0) is 51.6. The highest BCUT2D eigenvalue weighted by Crippen LogP contribution is 2.59. The van der Waals surface area contributed by atoms with Gasteiger partial charge in [-0.25, -0.2) is 0 Å². The molecular formula is C74H65N. The first-order chi connectivity index (χ1) is 36.1. The normalized spacial score (nSPS) is 16.3. The van der Waals surface area contributed by atoms with E-state index < -0.39 is 5.41 Å². The topological polar surface area (TPSA) is 3.24 Å². The molecule has 75 heavy (non-hydrogen) atoms. The van der Waals surface area contributed by atoms with Gasteiger partial charge in [-0.1, -0.05) is 250 Å². The van der Waals surface area contributed by atoms with Gasteiger partial charge in [0.25, 0.3) is 0 Å². The molecule has 10 aromatic carbocycles. The first kappa shape index (κ1) is 46.8. The van der Waals surface area contributed by atoms with Gasteiger partial charge in [0, 0.05) is 27.9 Å². The minimum atomic E-state index is -0.608. The van der Waals surface area contributed by atoms with E-state index in [-0.39, 0.29) is 21.7 Å². The minimum Gasteiger partial charge on any atom is -0.310 e. The molecule has 0 aliphatic heterocycles. The van der Waals surface area contributed by atoms with Crippen molar-refractivity contribution < 1.29 is 0 Å². The van der Waals surface area contributed by atoms with Crippen molar-refractivity contribution in [3.8, 4) is 44.5 Å². The summed E-state index contributed by atoms with van der Waals surface area (Å²) in [6, 6.07) is 88.1. The Kier molecular flexibility index (Phi) is 10.4. The zero-order valence-electron chi connectivity index (χ0n) is 44.9. The molecule has 0 fully saturated rings. The molecule has 0 heterocycles. The SMILES string of the molecule is CC(C)(C)c1cccc(C2(c3cccc(C(C)(C)C)c3)c3ccccc3-c3ccc(N(c4ccc(-c5cccc6c5C(C)(C)c5ccccc5-6)cc4)c4ccc5c(c4)C(C)(c4ccccc4)c4ccccc4-5)cc32)c1. The molecule has 0 saturated carbocycles. The van der Waals surface area contributed by atoms with E-state index in [1.165, 1.54) is 106 Å². The second-order valence-corrected chi connectivity index (χ2v) is 24.2. The van der Waals surface area contributed by atoms with Crippen LogP contribution in [-0.4, -0.2) is 0 Å². The molecule has 0 spiro atoms. The largest absolute Gasteiger partial charge is 0.310 e. The molecule has 13 rings (SSSR count). The summed E-state index contributed by atoms with van der Waals surface area (Å²) in [5.41, 5.74) is 27.1. The number of fused-ring (bicyclic) bond motifs is 9. The number of hydrogen-bond donors (Lipinski definition) is 0. The third-order valence-electron chi connectivity index (χ3n) is 17.5. The van der Waals surface area contributed by atoms with E-state index >= 15 is 0 Å². The van der Waals surface area contributed by atoms with Gasteiger partial charge in [-0.05, 0) is 160 Å². The Hall–Kier alpha value is -8.00. The first-order valence-electron chi connectivity index (χ1n) is 27.0. The van der Waals surface area contributed by atoms with E-state index in [4.69, 9.17) is 0 Å². The van der Waals surface area contributed by atoms with Crippen molar-refractivity contribution >= 4 is 17.1 Å². The van der Waals surface area contributed by atoms with E-state index in [0.717, 1.165) is 17.1 Å². The van der Waals surface area contributed by atoms with Crippen LogP contribution in [0.3, 0.4) is 0 Å². The zero-order valence-corrected chi connectivity index (χ0v) is 44.9. The van der Waals surface area contributed by atoms with Crippen LogP contribution in [0.4, 0.5) is 17.1 Å². The van der Waals surface area contributed by atoms with Gasteiger partial charge in [-0.3, -0.25) is 0 Å². The van der Waals surface area contributed by atoms with Gasteiger partial charge < -0.3 is 4.90 Å². The Morgan fingerprint density at radius 1 is 0.307 bits per heavy atom. The second kappa shape index (κ2) is 16.8. The van der Waals surface area contributed by atoms with Crippen LogP contribution in [0, 0.1) is 0 Å². The second-order valence-electron chi connectivity index (χ2n) is 24.2. The van der Waals surface area contributed by atoms with E-state index in [1.807, 2.05) is 0 Å². The summed E-state index contributed by atoms with van der Waals surface area (Å²) in [5.74, 6) is 0. The number of benzene rings is 10. The van der Waals surface area contributed by atoms with Crippen molar-refractivity contribution in [1.29, 1.82) is 0 Å². The maximum absolute atomic E-state index is 2.54. The standard InChI is InChI=1S/C74H65N/c1-70(2,3)50-24-19-26-52(44-50)74(53-27-20-25-51(45-53)71(4,5)6)66-35-18-15-29-59(66)62-43-41-56(47-68(62)74)75(55-40-42-61-58-28-14-17-34-65(58)73(9,67(61)46-55)49-22-11-10-12-23-49)54-38-36-48(37-39-54)57-31-21-32-63-60-30-13-16-33-64(60)72(7,8)69(57)63/h10-47H,1-9H3. The molecule has 10 aromatic rings. The summed E-state index contributed by atoms with van der Waals surface area (Å²) in [7, 11) is 0. The summed E-state index contributed by atoms with van der Waals surface area (Å²) in [4.78, 5) is 2.53. The molecule has 0 bridgehead atoms. The lowest BCUT2D eigenvalue weighted by Gasteiger charge is -2.37. The average molecular weight is 968 g/mol. The van der Waals surface area contributed by atoms with Crippen LogP contribution in [0.1, 0.15) is 124 Å². The van der Waals surface area contributed by atoms with Crippen molar-refractivity contribution in [2.45, 2.75) is 89.4 Å². The van der Waals surface area contributed by atoms with Crippen LogP contribution < -0.4 is 4.90 Å². The summed E-state index contributed by atoms with van der Waals surface area (Å²) in [5, 5.41) is 0. The lowest BCUT2D eigenvalue weighted by Crippen LogP contribution is -2.30. The van der Waals surface area contributed by atoms with Crippen LogP contribution in [0.15, 0.2) is 231 Å². The first-order valence-corrected chi connectivity index (χ1v) is 27.0. The lowest BCUT2D eigenvalue weighted by atomic mass is 9.66. The molecule has 0 saturated heterocycles. The Balaban J connectivity index is 1.06. The monoisotopic (exact) mass is 968 g/mol. The summed E-state index contributed by atoms with van der Waals surface area (Å²) < 4.78 is 0. The maximum Gasteiger partial charge on any atom is 0.0714 e. The van der Waals surface area contributed by atoms with Crippen LogP contribution in [0.25, 0.3) is 44.5 Å². The van der Waals surface area contributed by atoms with E-state index in [2.05, 4.69) is 298 Å². The average Bonchev–Trinajstić information content (AvgIpc) is 3.97. The van der Waals surface area contributed by atoms with Crippen molar-refractivity contribution in [2.24, 2.45) is 0 Å². The number of nitrogens with zero attached hydrogens (tertiary/aromatic N) is 1. The summed E-state index contributed by atoms with van der Waals surface area (Å²) in [6.45, 7) is 21.2. The summed E-state index contributed by atoms with van der Waals surface area (Å²) in [6.07, 6.45) is 0. The molecule has 366 valence electrons. The minimum absolute atomic E-state index is 0.0444. The molecular weight excluding hydrogens is 903 g/mol. The molecule has 3 aliphatic carbocycles. The molecule has 1 atom stereocenters. The number of rotatable bonds is 7. The van der Waals surface area contributed by atoms with Gasteiger partial charge in [-0.15, -0.1) is 0 Å². The van der Waals surface area contributed by atoms with Gasteiger partial charge in [0.1, 0.15) is 0 Å². The Bertz CT molecular complexity index is 3830. The molecule has 3 aliphatic rings. The Labute approximate surface area is 445 Å². The van der Waals surface area contributed by atoms with Crippen LogP contribution >= 0.6 is 0 Å². The van der Waals surface area contributed by atoms with Gasteiger partial charge in [0.2, 0.25) is 0 Å². The van der Waals surface area contributed by atoms with Crippen LogP contribution in [0.2, 0.25) is 0 Å². The number of anilines is 3. The highest BCUT2D eigenvalue weighted by atomic mass is 15.1. The molecule has 1 nitrogen and oxygen atoms in total. The molecule has 0 amide bonds. The van der Waals surface area contributed by atoms with Crippen molar-refractivity contribution in [3.63, 3.8) is 0 Å². The highest BCUT2D eigenvalue weighted by molar-refractivity contribution is 5.93. The molecule has 1 heteroatoms. The Morgan fingerprint density at radius 2 is 0.733 bits per heavy atom. The quantitative estimate of drug-likeness (QED) is 0.154. The predicted octanol–water partition coefficient (Wildman–Crippen LogP) is 19.4. The third-order valence-corrected chi connectivity index (χ3v) is 17.5. The maximum atomic E-state index is 2.54. The van der Waals surface area contributed by atoms with E-state index in [9.17, 15) is 0 Å². The third kappa shape index (κ3) is 6.97. The fourth-order valence-corrected chi connectivity index (χ4v) is 13.7. The van der Waals surface area contributed by atoms with E-state index in [1.54, 1.807) is 0 Å². The Morgan fingerprint density at radius 3 is 1.33 bits per heavy atom. The molecule has 1 unspecified atom stereocenters. The van der Waals surface area contributed by atoms with Crippen LogP contribution in [0.5, 0.6) is 0 Å². The number of hydrogen-bond acceptors (Lipinski definition) is 1. The fourth-order valence-electron chi connectivity index (χ4n) is 13.7. The van der Waals surface area contributed by atoms with Gasteiger partial charge in [0.15, 0.2) is 0 Å². The van der Waals surface area contributed by atoms with Gasteiger partial charge in [-0.2, -0.15) is 0 Å². The molecule has 0 aromatic heterocycles. The fraction of sp³-hybridized carbons (Fsp3) is 0.189.